The first kappa shape index (κ1) is 25.6. The molecule has 1 amide bonds. The molecule has 0 aliphatic rings. The number of amides is 1. The standard InChI is InChI=1S/C27H30FNO4S/c1-27(22-10-4-3-5-11-22,18-8-9-19-33-34(2,31)32)24-12-6-7-13-25(24)29-26(30)20-21-14-16-23(28)17-15-21/h3-7,10-17H,8-9,18-20H2,1-2H3,(H,29,30). The Kier molecular flexibility index (Phi) is 8.58. The molecule has 0 spiro atoms. The summed E-state index contributed by atoms with van der Waals surface area (Å²) in [4.78, 5) is 12.8. The van der Waals surface area contributed by atoms with E-state index in [0.29, 0.717) is 12.1 Å². The van der Waals surface area contributed by atoms with Gasteiger partial charge >= 0.3 is 0 Å². The van der Waals surface area contributed by atoms with Crippen molar-refractivity contribution in [2.75, 3.05) is 18.2 Å². The minimum absolute atomic E-state index is 0.138. The van der Waals surface area contributed by atoms with Gasteiger partial charge in [0.05, 0.1) is 19.3 Å². The van der Waals surface area contributed by atoms with E-state index in [0.717, 1.165) is 35.8 Å². The van der Waals surface area contributed by atoms with Crippen LogP contribution in [0, 0.1) is 5.82 Å². The maximum absolute atomic E-state index is 13.2. The summed E-state index contributed by atoms with van der Waals surface area (Å²) in [6.45, 7) is 2.27. The largest absolute Gasteiger partial charge is 0.326 e. The number of unbranched alkanes of at least 4 members (excludes halogenated alkanes) is 1. The predicted molar refractivity (Wildman–Crippen MR) is 133 cm³/mol. The number of rotatable bonds is 11. The van der Waals surface area contributed by atoms with Crippen molar-refractivity contribution in [2.45, 2.75) is 38.0 Å². The summed E-state index contributed by atoms with van der Waals surface area (Å²) >= 11 is 0. The number of nitrogens with one attached hydrogen (secondary N) is 1. The molecule has 1 atom stereocenters. The lowest BCUT2D eigenvalue weighted by molar-refractivity contribution is -0.115. The Morgan fingerprint density at radius 2 is 1.59 bits per heavy atom. The van der Waals surface area contributed by atoms with Crippen LogP contribution in [0.1, 0.15) is 42.9 Å². The first-order valence-corrected chi connectivity index (χ1v) is 13.0. The fraction of sp³-hybridized carbons (Fsp3) is 0.296. The lowest BCUT2D eigenvalue weighted by atomic mass is 9.72. The molecule has 0 aliphatic heterocycles. The summed E-state index contributed by atoms with van der Waals surface area (Å²) in [5, 5.41) is 3.03. The highest BCUT2D eigenvalue weighted by atomic mass is 32.2. The normalized spacial score (nSPS) is 13.3. The molecule has 1 unspecified atom stereocenters. The van der Waals surface area contributed by atoms with Gasteiger partial charge in [0.2, 0.25) is 5.91 Å². The van der Waals surface area contributed by atoms with Crippen LogP contribution in [0.5, 0.6) is 0 Å². The molecule has 1 N–H and O–H groups in total. The number of para-hydroxylation sites is 1. The number of hydrogen-bond donors (Lipinski definition) is 1. The summed E-state index contributed by atoms with van der Waals surface area (Å²) in [7, 11) is -3.46. The van der Waals surface area contributed by atoms with Crippen LogP contribution in [0.4, 0.5) is 10.1 Å². The van der Waals surface area contributed by atoms with Gasteiger partial charge in [-0.2, -0.15) is 8.42 Å². The molecule has 0 heterocycles. The van der Waals surface area contributed by atoms with E-state index < -0.39 is 15.5 Å². The van der Waals surface area contributed by atoms with Crippen molar-refractivity contribution in [2.24, 2.45) is 0 Å². The smallest absolute Gasteiger partial charge is 0.264 e. The Morgan fingerprint density at radius 3 is 2.26 bits per heavy atom. The molecule has 0 aromatic heterocycles. The molecule has 0 fully saturated rings. The molecule has 0 bridgehead atoms. The number of halogens is 1. The van der Waals surface area contributed by atoms with Gasteiger partial charge in [0, 0.05) is 11.1 Å². The van der Waals surface area contributed by atoms with Crippen molar-refractivity contribution in [1.82, 2.24) is 0 Å². The third kappa shape index (κ3) is 7.23. The molecule has 5 nitrogen and oxygen atoms in total. The zero-order chi connectivity index (χ0) is 24.6. The molecule has 3 rings (SSSR count). The molecule has 180 valence electrons. The van der Waals surface area contributed by atoms with Gasteiger partial charge in [-0.15, -0.1) is 0 Å². The average molecular weight is 484 g/mol. The van der Waals surface area contributed by atoms with E-state index in [4.69, 9.17) is 4.18 Å². The van der Waals surface area contributed by atoms with E-state index in [1.165, 1.54) is 12.1 Å². The summed E-state index contributed by atoms with van der Waals surface area (Å²) in [6.07, 6.45) is 3.24. The molecular formula is C27H30FNO4S. The highest BCUT2D eigenvalue weighted by molar-refractivity contribution is 7.85. The van der Waals surface area contributed by atoms with Crippen molar-refractivity contribution in [1.29, 1.82) is 0 Å². The van der Waals surface area contributed by atoms with Crippen molar-refractivity contribution in [3.8, 4) is 0 Å². The second-order valence-electron chi connectivity index (χ2n) is 8.58. The van der Waals surface area contributed by atoms with Crippen LogP contribution >= 0.6 is 0 Å². The van der Waals surface area contributed by atoms with Gasteiger partial charge in [0.25, 0.3) is 10.1 Å². The fourth-order valence-corrected chi connectivity index (χ4v) is 4.51. The number of carbonyl (C=O) groups is 1. The molecule has 7 heteroatoms. The average Bonchev–Trinajstić information content (AvgIpc) is 2.80. The lowest BCUT2D eigenvalue weighted by Gasteiger charge is -2.33. The minimum atomic E-state index is -3.46. The molecule has 3 aromatic rings. The van der Waals surface area contributed by atoms with Crippen molar-refractivity contribution >= 4 is 21.7 Å². The fourth-order valence-electron chi connectivity index (χ4n) is 4.09. The molecule has 0 radical (unpaired) electrons. The van der Waals surface area contributed by atoms with Crippen LogP contribution in [-0.4, -0.2) is 27.2 Å². The van der Waals surface area contributed by atoms with Gasteiger partial charge in [0.1, 0.15) is 5.82 Å². The molecular weight excluding hydrogens is 453 g/mol. The minimum Gasteiger partial charge on any atom is -0.326 e. The van der Waals surface area contributed by atoms with Crippen molar-refractivity contribution in [3.63, 3.8) is 0 Å². The number of hydrogen-bond acceptors (Lipinski definition) is 4. The maximum atomic E-state index is 13.2. The van der Waals surface area contributed by atoms with Gasteiger partial charge in [-0.1, -0.05) is 67.6 Å². The lowest BCUT2D eigenvalue weighted by Crippen LogP contribution is -2.27. The molecule has 0 saturated carbocycles. The number of carbonyl (C=O) groups excluding carboxylic acids is 1. The summed E-state index contributed by atoms with van der Waals surface area (Å²) in [5.74, 6) is -0.522. The monoisotopic (exact) mass is 483 g/mol. The summed E-state index contributed by atoms with van der Waals surface area (Å²) in [5.41, 5.74) is 3.09. The third-order valence-corrected chi connectivity index (χ3v) is 6.45. The van der Waals surface area contributed by atoms with Gasteiger partial charge in [-0.05, 0) is 54.2 Å². The quantitative estimate of drug-likeness (QED) is 0.290. The number of anilines is 1. The predicted octanol–water partition coefficient (Wildman–Crippen LogP) is 5.46. The van der Waals surface area contributed by atoms with Crippen molar-refractivity contribution in [3.05, 3.63) is 101 Å². The van der Waals surface area contributed by atoms with E-state index in [1.807, 2.05) is 42.5 Å². The Bertz CT molecular complexity index is 1200. The SMILES string of the molecule is CC(CCCCOS(C)(=O)=O)(c1ccccc1)c1ccccc1NC(=O)Cc1ccc(F)cc1. The molecule has 0 saturated heterocycles. The molecule has 34 heavy (non-hydrogen) atoms. The zero-order valence-electron chi connectivity index (χ0n) is 19.5. The highest BCUT2D eigenvalue weighted by Gasteiger charge is 2.31. The van der Waals surface area contributed by atoms with Crippen LogP contribution in [0.25, 0.3) is 0 Å². The summed E-state index contributed by atoms with van der Waals surface area (Å²) in [6, 6.07) is 23.6. The van der Waals surface area contributed by atoms with Gasteiger partial charge in [0.15, 0.2) is 0 Å². The van der Waals surface area contributed by atoms with Gasteiger partial charge in [-0.25, -0.2) is 4.39 Å². The maximum Gasteiger partial charge on any atom is 0.264 e. The van der Waals surface area contributed by atoms with Crippen molar-refractivity contribution < 1.29 is 21.8 Å². The summed E-state index contributed by atoms with van der Waals surface area (Å²) < 4.78 is 40.6. The van der Waals surface area contributed by atoms with E-state index >= 15 is 0 Å². The van der Waals surface area contributed by atoms with E-state index in [9.17, 15) is 17.6 Å². The van der Waals surface area contributed by atoms with Crippen LogP contribution in [-0.2, 0) is 30.9 Å². The van der Waals surface area contributed by atoms with E-state index in [1.54, 1.807) is 12.1 Å². The van der Waals surface area contributed by atoms with Crippen LogP contribution in [0.3, 0.4) is 0 Å². The number of benzene rings is 3. The Morgan fingerprint density at radius 1 is 0.941 bits per heavy atom. The van der Waals surface area contributed by atoms with Crippen LogP contribution in [0.2, 0.25) is 0 Å². The molecule has 3 aromatic carbocycles. The Hall–Kier alpha value is -3.03. The Labute approximate surface area is 201 Å². The third-order valence-electron chi connectivity index (χ3n) is 5.85. The van der Waals surface area contributed by atoms with Crippen LogP contribution in [0.15, 0.2) is 78.9 Å². The molecule has 0 aliphatic carbocycles. The van der Waals surface area contributed by atoms with Gasteiger partial charge in [-0.3, -0.25) is 8.98 Å². The zero-order valence-corrected chi connectivity index (χ0v) is 20.3. The first-order chi connectivity index (χ1) is 16.2. The first-order valence-electron chi connectivity index (χ1n) is 11.2. The van der Waals surface area contributed by atoms with E-state index in [2.05, 4.69) is 24.4 Å². The second-order valence-corrected chi connectivity index (χ2v) is 10.2. The highest BCUT2D eigenvalue weighted by Crippen LogP contribution is 2.40. The second kappa shape index (κ2) is 11.4. The van der Waals surface area contributed by atoms with Crippen LogP contribution < -0.4 is 5.32 Å². The Balaban J connectivity index is 1.82. The topological polar surface area (TPSA) is 72.5 Å². The van der Waals surface area contributed by atoms with Gasteiger partial charge < -0.3 is 5.32 Å². The van der Waals surface area contributed by atoms with E-state index in [-0.39, 0.29) is 24.8 Å².